The minimum absolute atomic E-state index is 1.02. The van der Waals surface area contributed by atoms with Crippen molar-refractivity contribution >= 4 is 23.5 Å². The smallest absolute Gasteiger partial charge is 0.0413 e. The summed E-state index contributed by atoms with van der Waals surface area (Å²) in [6, 6.07) is 8.48. The molecular weight excluding hydrogens is 214 g/mol. The summed E-state index contributed by atoms with van der Waals surface area (Å²) in [5.74, 6) is 0. The van der Waals surface area contributed by atoms with Crippen molar-refractivity contribution in [2.75, 3.05) is 18.1 Å². The number of anilines is 1. The fraction of sp³-hybridized carbons (Fsp3) is 0.286. The highest BCUT2D eigenvalue weighted by Gasteiger charge is 2.08. The molecule has 1 aromatic rings. The quantitative estimate of drug-likeness (QED) is 0.820. The van der Waals surface area contributed by atoms with Gasteiger partial charge in [0.25, 0.3) is 0 Å². The van der Waals surface area contributed by atoms with Crippen LogP contribution in [0.15, 0.2) is 40.8 Å². The van der Waals surface area contributed by atoms with E-state index in [1.54, 1.807) is 11.8 Å². The summed E-state index contributed by atoms with van der Waals surface area (Å²) < 4.78 is 0. The molecule has 0 amide bonds. The predicted octanol–water partition coefficient (Wildman–Crippen LogP) is 4.15. The first-order chi connectivity index (χ1) is 7.81. The van der Waals surface area contributed by atoms with Crippen molar-refractivity contribution in [2.24, 2.45) is 0 Å². The molecule has 2 heteroatoms. The van der Waals surface area contributed by atoms with Gasteiger partial charge in [-0.1, -0.05) is 18.2 Å². The first-order valence-corrected chi connectivity index (χ1v) is 6.83. The summed E-state index contributed by atoms with van der Waals surface area (Å²) in [5, 5.41) is 5.69. The van der Waals surface area contributed by atoms with Gasteiger partial charge in [0.2, 0.25) is 0 Å². The van der Waals surface area contributed by atoms with E-state index < -0.39 is 0 Å². The number of allylic oxidation sites excluding steroid dienone is 1. The average molecular weight is 231 g/mol. The van der Waals surface area contributed by atoms with E-state index >= 15 is 0 Å². The van der Waals surface area contributed by atoms with Gasteiger partial charge in [-0.25, -0.2) is 0 Å². The topological polar surface area (TPSA) is 12.0 Å². The lowest BCUT2D eigenvalue weighted by molar-refractivity contribution is 1.02. The number of para-hydroxylation sites is 1. The van der Waals surface area contributed by atoms with E-state index in [1.165, 1.54) is 22.4 Å². The Hall–Kier alpha value is -1.15. The average Bonchev–Trinajstić information content (AvgIpc) is 2.51. The van der Waals surface area contributed by atoms with Gasteiger partial charge in [-0.3, -0.25) is 0 Å². The van der Waals surface area contributed by atoms with Crippen LogP contribution in [0, 0.1) is 0 Å². The number of nitrogens with one attached hydrogen (secondary N) is 1. The highest BCUT2D eigenvalue weighted by Crippen LogP contribution is 2.27. The normalized spacial score (nSPS) is 15.9. The van der Waals surface area contributed by atoms with Crippen molar-refractivity contribution in [3.8, 4) is 0 Å². The maximum Gasteiger partial charge on any atom is 0.0413 e. The van der Waals surface area contributed by atoms with Crippen molar-refractivity contribution < 1.29 is 0 Å². The van der Waals surface area contributed by atoms with Crippen LogP contribution in [0.3, 0.4) is 0 Å². The lowest BCUT2D eigenvalue weighted by Crippen LogP contribution is -2.00. The second-order valence-corrected chi connectivity index (χ2v) is 4.68. The van der Waals surface area contributed by atoms with E-state index in [0.717, 1.165) is 13.0 Å². The molecule has 1 aromatic carbocycles. The van der Waals surface area contributed by atoms with Crippen LogP contribution in [0.4, 0.5) is 5.69 Å². The zero-order valence-electron chi connectivity index (χ0n) is 9.79. The van der Waals surface area contributed by atoms with Crippen LogP contribution in [0.2, 0.25) is 0 Å². The lowest BCUT2D eigenvalue weighted by atomic mass is 10.0. The zero-order chi connectivity index (χ0) is 11.4. The summed E-state index contributed by atoms with van der Waals surface area (Å²) in [4.78, 5) is 0. The summed E-state index contributed by atoms with van der Waals surface area (Å²) >= 11 is 1.77. The molecule has 0 radical (unpaired) electrons. The molecule has 0 spiro atoms. The Labute approximate surface area is 102 Å². The molecular formula is C14H17NS. The molecule has 0 aliphatic carbocycles. The van der Waals surface area contributed by atoms with Crippen molar-refractivity contribution in [1.82, 2.24) is 0 Å². The van der Waals surface area contributed by atoms with Gasteiger partial charge < -0.3 is 5.32 Å². The Morgan fingerprint density at radius 2 is 2.19 bits per heavy atom. The number of rotatable bonds is 2. The summed E-state index contributed by atoms with van der Waals surface area (Å²) in [7, 11) is 0. The van der Waals surface area contributed by atoms with Crippen LogP contribution in [0.25, 0.3) is 6.08 Å². The second kappa shape index (κ2) is 5.26. The van der Waals surface area contributed by atoms with Crippen molar-refractivity contribution in [3.05, 3.63) is 46.4 Å². The summed E-state index contributed by atoms with van der Waals surface area (Å²) in [6.07, 6.45) is 5.50. The highest BCUT2D eigenvalue weighted by atomic mass is 32.2. The first kappa shape index (κ1) is 11.3. The first-order valence-electron chi connectivity index (χ1n) is 5.54. The summed E-state index contributed by atoms with van der Waals surface area (Å²) in [6.45, 7) is 3.21. The Morgan fingerprint density at radius 3 is 3.00 bits per heavy atom. The van der Waals surface area contributed by atoms with E-state index in [0.29, 0.717) is 0 Å². The van der Waals surface area contributed by atoms with Crippen LogP contribution in [0.5, 0.6) is 0 Å². The molecule has 16 heavy (non-hydrogen) atoms. The molecule has 2 rings (SSSR count). The fourth-order valence-electron chi connectivity index (χ4n) is 1.94. The molecule has 0 fully saturated rings. The highest BCUT2D eigenvalue weighted by molar-refractivity contribution is 8.01. The van der Waals surface area contributed by atoms with E-state index in [1.807, 2.05) is 0 Å². The van der Waals surface area contributed by atoms with E-state index in [-0.39, 0.29) is 0 Å². The van der Waals surface area contributed by atoms with Gasteiger partial charge in [-0.15, -0.1) is 11.8 Å². The predicted molar refractivity (Wildman–Crippen MR) is 74.8 cm³/mol. The number of benzene rings is 1. The van der Waals surface area contributed by atoms with Crippen LogP contribution in [0.1, 0.15) is 18.9 Å². The van der Waals surface area contributed by atoms with Crippen LogP contribution < -0.4 is 5.32 Å². The lowest BCUT2D eigenvalue weighted by Gasteiger charge is -2.05. The number of hydrogen-bond acceptors (Lipinski definition) is 2. The molecule has 0 atom stereocenters. The minimum Gasteiger partial charge on any atom is -0.384 e. The zero-order valence-corrected chi connectivity index (χ0v) is 10.6. The van der Waals surface area contributed by atoms with Gasteiger partial charge in [0.15, 0.2) is 0 Å². The molecule has 1 nitrogen and oxygen atoms in total. The standard InChI is InChI=1S/C14H17NS/c1-11(10-16-2)12-7-8-15-14-6-4-3-5-13(14)9-12/h3-6,9-10,15H,7-8H2,1-2H3/b11-10-. The van der Waals surface area contributed by atoms with Gasteiger partial charge in [0.05, 0.1) is 0 Å². The molecule has 1 aliphatic heterocycles. The Morgan fingerprint density at radius 1 is 1.38 bits per heavy atom. The number of hydrogen-bond donors (Lipinski definition) is 1. The largest absolute Gasteiger partial charge is 0.384 e. The maximum absolute atomic E-state index is 3.47. The van der Waals surface area contributed by atoms with Crippen molar-refractivity contribution in [1.29, 1.82) is 0 Å². The van der Waals surface area contributed by atoms with Gasteiger partial charge >= 0.3 is 0 Å². The molecule has 0 aromatic heterocycles. The maximum atomic E-state index is 3.47. The fourth-order valence-corrected chi connectivity index (χ4v) is 2.44. The van der Waals surface area contributed by atoms with Gasteiger partial charge in [0, 0.05) is 12.2 Å². The molecule has 0 unspecified atom stereocenters. The monoisotopic (exact) mass is 231 g/mol. The molecule has 0 saturated heterocycles. The third-order valence-corrected chi connectivity index (χ3v) is 3.39. The minimum atomic E-state index is 1.02. The van der Waals surface area contributed by atoms with Gasteiger partial charge in [0.1, 0.15) is 0 Å². The number of thioether (sulfide) groups is 1. The second-order valence-electron chi connectivity index (χ2n) is 3.97. The molecule has 0 bridgehead atoms. The molecule has 1 heterocycles. The van der Waals surface area contributed by atoms with Gasteiger partial charge in [-0.2, -0.15) is 0 Å². The summed E-state index contributed by atoms with van der Waals surface area (Å²) in [5.41, 5.74) is 5.36. The van der Waals surface area contributed by atoms with E-state index in [4.69, 9.17) is 0 Å². The Balaban J connectivity index is 2.36. The third-order valence-electron chi connectivity index (χ3n) is 2.80. The van der Waals surface area contributed by atoms with Crippen LogP contribution >= 0.6 is 11.8 Å². The SMILES string of the molecule is CS/C=C(/C)C1=Cc2ccccc2NCC1. The molecule has 0 saturated carbocycles. The third kappa shape index (κ3) is 2.50. The van der Waals surface area contributed by atoms with Crippen LogP contribution in [-0.4, -0.2) is 12.8 Å². The molecule has 84 valence electrons. The van der Waals surface area contributed by atoms with E-state index in [2.05, 4.69) is 54.2 Å². The van der Waals surface area contributed by atoms with E-state index in [9.17, 15) is 0 Å². The molecule has 1 aliphatic rings. The Kier molecular flexibility index (Phi) is 3.73. The van der Waals surface area contributed by atoms with Crippen LogP contribution in [-0.2, 0) is 0 Å². The molecule has 1 N–H and O–H groups in total. The Bertz CT molecular complexity index is 432. The van der Waals surface area contributed by atoms with Crippen molar-refractivity contribution in [3.63, 3.8) is 0 Å². The number of fused-ring (bicyclic) bond motifs is 1. The van der Waals surface area contributed by atoms with Crippen molar-refractivity contribution in [2.45, 2.75) is 13.3 Å². The van der Waals surface area contributed by atoms with Gasteiger partial charge in [-0.05, 0) is 53.9 Å².